The van der Waals surface area contributed by atoms with E-state index in [4.69, 9.17) is 27.9 Å². The number of esters is 1. The highest BCUT2D eigenvalue weighted by atomic mass is 35.5. The molecule has 0 atom stereocenters. The van der Waals surface area contributed by atoms with Crippen LogP contribution in [0.5, 0.6) is 0 Å². The fourth-order valence-corrected chi connectivity index (χ4v) is 5.85. The van der Waals surface area contributed by atoms with Crippen LogP contribution in [0.4, 0.5) is 5.69 Å². The molecule has 0 spiro atoms. The number of ether oxygens (including phenoxy) is 1. The Morgan fingerprint density at radius 3 is 2.11 bits per heavy atom. The van der Waals surface area contributed by atoms with Crippen molar-refractivity contribution in [1.29, 1.82) is 0 Å². The molecule has 4 rings (SSSR count). The predicted molar refractivity (Wildman–Crippen MR) is 144 cm³/mol. The average Bonchev–Trinajstić information content (AvgIpc) is 2.80. The second-order valence-corrected chi connectivity index (χ2v) is 11.9. The van der Waals surface area contributed by atoms with Crippen LogP contribution in [0, 0.1) is 0 Å². The van der Waals surface area contributed by atoms with Crippen LogP contribution in [0.1, 0.15) is 20.8 Å². The maximum absolute atomic E-state index is 13.7. The highest BCUT2D eigenvalue weighted by Gasteiger charge is 2.30. The lowest BCUT2D eigenvalue weighted by Crippen LogP contribution is -2.39. The largest absolute Gasteiger partial charge is 0.459 e. The third-order valence-electron chi connectivity index (χ3n) is 5.24. The first-order valence-corrected chi connectivity index (χ1v) is 13.3. The summed E-state index contributed by atoms with van der Waals surface area (Å²) >= 11 is 12.2. The van der Waals surface area contributed by atoms with Crippen LogP contribution in [0.15, 0.2) is 84.0 Å². The molecule has 0 saturated carbocycles. The SMILES string of the molecule is CC(C)(C)OC(=O)CN(c1ccc2cc(-c3ccncc3)ccc2c1)S(=O)(=O)c1cc(Cl)cc(Cl)c1. The maximum Gasteiger partial charge on any atom is 0.327 e. The number of sulfonamides is 1. The second-order valence-electron chi connectivity index (χ2n) is 9.19. The van der Waals surface area contributed by atoms with E-state index in [1.165, 1.54) is 18.2 Å². The summed E-state index contributed by atoms with van der Waals surface area (Å²) in [7, 11) is -4.21. The van der Waals surface area contributed by atoms with Gasteiger partial charge in [0, 0.05) is 22.4 Å². The Balaban J connectivity index is 1.78. The van der Waals surface area contributed by atoms with Gasteiger partial charge in [0.2, 0.25) is 0 Å². The zero-order chi connectivity index (χ0) is 26.1. The zero-order valence-corrected chi connectivity index (χ0v) is 22.2. The van der Waals surface area contributed by atoms with E-state index in [1.807, 2.05) is 36.4 Å². The Labute approximate surface area is 220 Å². The summed E-state index contributed by atoms with van der Waals surface area (Å²) in [5.74, 6) is -0.688. The summed E-state index contributed by atoms with van der Waals surface area (Å²) < 4.78 is 33.8. The third-order valence-corrected chi connectivity index (χ3v) is 7.43. The second kappa shape index (κ2) is 10.1. The van der Waals surface area contributed by atoms with Crippen LogP contribution in [0.2, 0.25) is 10.0 Å². The van der Waals surface area contributed by atoms with Crippen LogP contribution in [-0.4, -0.2) is 31.5 Å². The van der Waals surface area contributed by atoms with Crippen molar-refractivity contribution in [2.24, 2.45) is 0 Å². The molecule has 0 unspecified atom stereocenters. The molecular formula is C27H24Cl2N2O4S. The number of hydrogen-bond donors (Lipinski definition) is 0. The van der Waals surface area contributed by atoms with Gasteiger partial charge in [-0.1, -0.05) is 41.4 Å². The Bertz CT molecular complexity index is 1510. The molecule has 0 fully saturated rings. The number of carbonyl (C=O) groups is 1. The van der Waals surface area contributed by atoms with Crippen molar-refractivity contribution in [3.63, 3.8) is 0 Å². The van der Waals surface area contributed by atoms with Crippen LogP contribution in [-0.2, 0) is 19.6 Å². The van der Waals surface area contributed by atoms with Crippen molar-refractivity contribution in [3.8, 4) is 11.1 Å². The van der Waals surface area contributed by atoms with Crippen molar-refractivity contribution >= 4 is 55.7 Å². The number of rotatable bonds is 6. The van der Waals surface area contributed by atoms with Crippen molar-refractivity contribution in [2.45, 2.75) is 31.3 Å². The fraction of sp³-hybridized carbons (Fsp3) is 0.185. The molecule has 9 heteroatoms. The normalized spacial score (nSPS) is 11.9. The lowest BCUT2D eigenvalue weighted by Gasteiger charge is -2.26. The molecule has 0 amide bonds. The van der Waals surface area contributed by atoms with Gasteiger partial charge in [-0.05, 0) is 91.2 Å². The van der Waals surface area contributed by atoms with E-state index in [0.717, 1.165) is 26.2 Å². The van der Waals surface area contributed by atoms with E-state index in [1.54, 1.807) is 45.3 Å². The number of carbonyl (C=O) groups excluding carboxylic acids is 1. The molecule has 1 heterocycles. The molecule has 0 aliphatic heterocycles. The number of benzene rings is 3. The monoisotopic (exact) mass is 542 g/mol. The molecule has 6 nitrogen and oxygen atoms in total. The van der Waals surface area contributed by atoms with Crippen molar-refractivity contribution in [1.82, 2.24) is 4.98 Å². The molecule has 0 saturated heterocycles. The van der Waals surface area contributed by atoms with Gasteiger partial charge in [-0.25, -0.2) is 8.42 Å². The summed E-state index contributed by atoms with van der Waals surface area (Å²) in [4.78, 5) is 16.7. The number of hydrogen-bond acceptors (Lipinski definition) is 5. The third kappa shape index (κ3) is 5.98. The summed E-state index contributed by atoms with van der Waals surface area (Å²) in [6, 6.07) is 18.9. The Morgan fingerprint density at radius 1 is 0.861 bits per heavy atom. The van der Waals surface area contributed by atoms with E-state index in [0.29, 0.717) is 5.69 Å². The minimum atomic E-state index is -4.21. The molecule has 4 aromatic rings. The van der Waals surface area contributed by atoms with Crippen LogP contribution in [0.25, 0.3) is 21.9 Å². The maximum atomic E-state index is 13.7. The highest BCUT2D eigenvalue weighted by molar-refractivity contribution is 7.92. The highest BCUT2D eigenvalue weighted by Crippen LogP contribution is 2.32. The van der Waals surface area contributed by atoms with E-state index < -0.39 is 28.1 Å². The van der Waals surface area contributed by atoms with Crippen LogP contribution < -0.4 is 4.31 Å². The summed E-state index contributed by atoms with van der Waals surface area (Å²) in [5.41, 5.74) is 1.55. The predicted octanol–water partition coefficient (Wildman–Crippen LogP) is 6.75. The Kier molecular flexibility index (Phi) is 7.27. The van der Waals surface area contributed by atoms with E-state index in [-0.39, 0.29) is 14.9 Å². The molecule has 1 aromatic heterocycles. The van der Waals surface area contributed by atoms with Gasteiger partial charge in [0.1, 0.15) is 12.1 Å². The van der Waals surface area contributed by atoms with Gasteiger partial charge < -0.3 is 4.74 Å². The number of fused-ring (bicyclic) bond motifs is 1. The first-order chi connectivity index (χ1) is 16.9. The van der Waals surface area contributed by atoms with Gasteiger partial charge in [0.05, 0.1) is 10.6 Å². The van der Waals surface area contributed by atoms with E-state index >= 15 is 0 Å². The molecule has 0 radical (unpaired) electrons. The van der Waals surface area contributed by atoms with Gasteiger partial charge in [-0.3, -0.25) is 14.1 Å². The lowest BCUT2D eigenvalue weighted by molar-refractivity contribution is -0.152. The summed E-state index contributed by atoms with van der Waals surface area (Å²) in [6.45, 7) is 4.63. The number of aromatic nitrogens is 1. The average molecular weight is 543 g/mol. The molecule has 0 aliphatic rings. The first-order valence-electron chi connectivity index (χ1n) is 11.1. The first kappa shape index (κ1) is 25.9. The Hall–Kier alpha value is -3.13. The minimum Gasteiger partial charge on any atom is -0.459 e. The molecular weight excluding hydrogens is 519 g/mol. The number of nitrogens with zero attached hydrogens (tertiary/aromatic N) is 2. The summed E-state index contributed by atoms with van der Waals surface area (Å²) in [6.07, 6.45) is 3.45. The molecule has 3 aromatic carbocycles. The lowest BCUT2D eigenvalue weighted by atomic mass is 10.0. The standard InChI is InChI=1S/C27H24Cl2N2O4S/c1-27(2,3)35-26(32)17-31(36(33,34)25-15-22(28)14-23(29)16-25)24-7-6-20-12-19(4-5-21(20)13-24)18-8-10-30-11-9-18/h4-16H,17H2,1-3H3. The van der Waals surface area contributed by atoms with Crippen molar-refractivity contribution in [3.05, 3.63) is 89.2 Å². The van der Waals surface area contributed by atoms with E-state index in [9.17, 15) is 13.2 Å². The van der Waals surface area contributed by atoms with Crippen molar-refractivity contribution < 1.29 is 17.9 Å². The summed E-state index contributed by atoms with van der Waals surface area (Å²) in [5, 5.41) is 2.05. The molecule has 0 aliphatic carbocycles. The Morgan fingerprint density at radius 2 is 1.47 bits per heavy atom. The smallest absolute Gasteiger partial charge is 0.327 e. The zero-order valence-electron chi connectivity index (χ0n) is 19.9. The number of pyridine rings is 1. The minimum absolute atomic E-state index is 0.128. The topological polar surface area (TPSA) is 76.6 Å². The van der Waals surface area contributed by atoms with Crippen LogP contribution in [0.3, 0.4) is 0 Å². The molecule has 0 bridgehead atoms. The van der Waals surface area contributed by atoms with Gasteiger partial charge in [-0.15, -0.1) is 0 Å². The molecule has 36 heavy (non-hydrogen) atoms. The number of anilines is 1. The van der Waals surface area contributed by atoms with Crippen LogP contribution >= 0.6 is 23.2 Å². The molecule has 0 N–H and O–H groups in total. The van der Waals surface area contributed by atoms with Gasteiger partial charge in [0.15, 0.2) is 0 Å². The van der Waals surface area contributed by atoms with Gasteiger partial charge >= 0.3 is 5.97 Å². The van der Waals surface area contributed by atoms with Crippen molar-refractivity contribution in [2.75, 3.05) is 10.8 Å². The van der Waals surface area contributed by atoms with Gasteiger partial charge in [0.25, 0.3) is 10.0 Å². The molecule has 186 valence electrons. The van der Waals surface area contributed by atoms with E-state index in [2.05, 4.69) is 4.98 Å². The van der Waals surface area contributed by atoms with Gasteiger partial charge in [-0.2, -0.15) is 0 Å². The fourth-order valence-electron chi connectivity index (χ4n) is 3.72. The number of halogens is 2. The quantitative estimate of drug-likeness (QED) is 0.252.